The highest BCUT2D eigenvalue weighted by Crippen LogP contribution is 2.47. The van der Waals surface area contributed by atoms with E-state index in [-0.39, 0.29) is 18.2 Å². The fourth-order valence-corrected chi connectivity index (χ4v) is 7.36. The quantitative estimate of drug-likeness (QED) is 0.168. The number of benzene rings is 2. The Kier molecular flexibility index (Phi) is 14.4. The minimum absolute atomic E-state index is 0.0699. The van der Waals surface area contributed by atoms with Crippen molar-refractivity contribution < 1.29 is 33.4 Å². The minimum Gasteiger partial charge on any atom is -0.344 e. The van der Waals surface area contributed by atoms with E-state index in [1.54, 1.807) is 24.3 Å². The van der Waals surface area contributed by atoms with Crippen molar-refractivity contribution in [3.63, 3.8) is 0 Å². The number of para-hydroxylation sites is 1. The van der Waals surface area contributed by atoms with Crippen LogP contribution in [-0.4, -0.2) is 75.9 Å². The molecule has 2 aromatic rings. The van der Waals surface area contributed by atoms with Crippen molar-refractivity contribution in [2.24, 2.45) is 11.8 Å². The van der Waals surface area contributed by atoms with Crippen LogP contribution in [0.1, 0.15) is 65.9 Å². The van der Waals surface area contributed by atoms with Gasteiger partial charge in [-0.1, -0.05) is 62.4 Å². The zero-order valence-electron chi connectivity index (χ0n) is 28.5. The molecule has 0 spiro atoms. The number of carbonyl (C=O) groups is 5. The summed E-state index contributed by atoms with van der Waals surface area (Å²) >= 11 is 0. The normalized spacial score (nSPS) is 18.1. The van der Waals surface area contributed by atoms with Gasteiger partial charge in [-0.25, -0.2) is 0 Å². The number of hydrogen-bond acceptors (Lipinski definition) is 6. The largest absolute Gasteiger partial charge is 0.344 e. The Labute approximate surface area is 283 Å². The van der Waals surface area contributed by atoms with Crippen LogP contribution in [0.2, 0.25) is 0 Å². The summed E-state index contributed by atoms with van der Waals surface area (Å²) in [6.45, 7) is 8.58. The molecule has 1 saturated heterocycles. The van der Waals surface area contributed by atoms with Gasteiger partial charge in [-0.05, 0) is 69.6 Å². The summed E-state index contributed by atoms with van der Waals surface area (Å²) in [4.78, 5) is 77.4. The van der Waals surface area contributed by atoms with Crippen molar-refractivity contribution in [1.29, 1.82) is 0 Å². The van der Waals surface area contributed by atoms with E-state index in [4.69, 9.17) is 0 Å². The molecule has 1 heterocycles. The number of likely N-dealkylation sites (tertiary alicyclic amines) is 1. The van der Waals surface area contributed by atoms with Crippen LogP contribution < -0.4 is 21.3 Å². The molecule has 5 amide bonds. The van der Waals surface area contributed by atoms with Gasteiger partial charge in [0, 0.05) is 31.2 Å². The van der Waals surface area contributed by atoms with Crippen molar-refractivity contribution in [3.8, 4) is 0 Å². The average Bonchev–Trinajstić information content (AvgIpc) is 3.54. The maximum atomic E-state index is 13.8. The van der Waals surface area contributed by atoms with Crippen LogP contribution in [-0.2, 0) is 35.0 Å². The van der Waals surface area contributed by atoms with E-state index in [0.717, 1.165) is 5.56 Å². The highest BCUT2D eigenvalue weighted by atomic mass is 31.2. The van der Waals surface area contributed by atoms with E-state index < -0.39 is 67.0 Å². The van der Waals surface area contributed by atoms with Gasteiger partial charge < -0.3 is 31.1 Å². The van der Waals surface area contributed by atoms with Gasteiger partial charge in [0.2, 0.25) is 36.9 Å². The zero-order valence-corrected chi connectivity index (χ0v) is 29.4. The van der Waals surface area contributed by atoms with Crippen LogP contribution in [0.15, 0.2) is 60.7 Å². The van der Waals surface area contributed by atoms with Crippen molar-refractivity contribution in [1.82, 2.24) is 20.9 Å². The molecule has 0 bridgehead atoms. The molecule has 3 unspecified atom stereocenters. The molecule has 0 aliphatic carbocycles. The molecule has 12 nitrogen and oxygen atoms in total. The molecule has 1 aliphatic heterocycles. The second kappa shape index (κ2) is 17.9. The first kappa shape index (κ1) is 38.4. The SMILES string of the molecule is CC(=O)N1CCCC1C(=O)N[C@@H](C)C(=O)N[C@@H](C)P(=O)(O)CC(CCc1ccccc1)C(=O)N[C@@H](CC(C)C)C(=O)Nc1ccccc1. The van der Waals surface area contributed by atoms with E-state index in [2.05, 4.69) is 21.3 Å². The van der Waals surface area contributed by atoms with Gasteiger partial charge in [0.05, 0.1) is 0 Å². The van der Waals surface area contributed by atoms with E-state index >= 15 is 0 Å². The number of anilines is 1. The fourth-order valence-electron chi connectivity index (χ4n) is 5.73. The number of carbonyl (C=O) groups excluding carboxylic acids is 5. The first-order valence-electron chi connectivity index (χ1n) is 16.6. The smallest absolute Gasteiger partial charge is 0.246 e. The lowest BCUT2D eigenvalue weighted by molar-refractivity contribution is -0.138. The van der Waals surface area contributed by atoms with E-state index in [0.29, 0.717) is 37.9 Å². The van der Waals surface area contributed by atoms with Gasteiger partial charge in [-0.3, -0.25) is 28.5 Å². The first-order valence-corrected chi connectivity index (χ1v) is 18.5. The summed E-state index contributed by atoms with van der Waals surface area (Å²) in [6.07, 6.45) is 1.77. The van der Waals surface area contributed by atoms with Crippen LogP contribution in [0.3, 0.4) is 0 Å². The lowest BCUT2D eigenvalue weighted by Gasteiger charge is -2.28. The molecule has 5 N–H and O–H groups in total. The highest BCUT2D eigenvalue weighted by molar-refractivity contribution is 7.58. The van der Waals surface area contributed by atoms with Crippen LogP contribution in [0.5, 0.6) is 0 Å². The number of amides is 5. The third-order valence-corrected chi connectivity index (χ3v) is 10.8. The standard InChI is InChI=1S/C35H50N5O7P/c1-23(2)21-30(34(44)38-29-15-10-7-11-16-29)39-33(43)28(19-18-27-13-8-6-9-14-27)22-48(46,47)25(4)37-32(42)24(3)36-35(45)31-17-12-20-40(31)26(5)41/h6-11,13-16,23-25,28,30-31H,12,17-22H2,1-5H3,(H,36,45)(H,37,42)(H,38,44)(H,39,43)(H,46,47)/t24-,25+,28?,30-,31?/m0/s1. The fraction of sp³-hybridized carbons (Fsp3) is 0.514. The predicted molar refractivity (Wildman–Crippen MR) is 185 cm³/mol. The van der Waals surface area contributed by atoms with Gasteiger partial charge >= 0.3 is 0 Å². The summed E-state index contributed by atoms with van der Waals surface area (Å²) in [5.74, 6) is -4.38. The summed E-state index contributed by atoms with van der Waals surface area (Å²) in [7, 11) is -4.19. The van der Waals surface area contributed by atoms with Crippen molar-refractivity contribution >= 4 is 42.6 Å². The zero-order chi connectivity index (χ0) is 35.4. The third-order valence-electron chi connectivity index (χ3n) is 8.53. The first-order chi connectivity index (χ1) is 22.7. The second-order valence-electron chi connectivity index (χ2n) is 13.0. The van der Waals surface area contributed by atoms with Crippen LogP contribution in [0.25, 0.3) is 0 Å². The summed E-state index contributed by atoms with van der Waals surface area (Å²) in [5, 5.41) is 10.8. The van der Waals surface area contributed by atoms with Gasteiger partial charge in [0.15, 0.2) is 0 Å². The lowest BCUT2D eigenvalue weighted by Crippen LogP contribution is -2.53. The van der Waals surface area contributed by atoms with Crippen molar-refractivity contribution in [2.45, 2.75) is 90.6 Å². The highest BCUT2D eigenvalue weighted by Gasteiger charge is 2.37. The van der Waals surface area contributed by atoms with Crippen molar-refractivity contribution in [2.75, 3.05) is 18.0 Å². The average molecular weight is 684 g/mol. The molecule has 0 aromatic heterocycles. The Morgan fingerprint density at radius 1 is 0.875 bits per heavy atom. The Balaban J connectivity index is 1.71. The lowest BCUT2D eigenvalue weighted by atomic mass is 9.98. The predicted octanol–water partition coefficient (Wildman–Crippen LogP) is 3.65. The molecular formula is C35H50N5O7P. The molecule has 3 rings (SSSR count). The molecule has 1 aliphatic rings. The Hall–Kier alpha value is -4.02. The van der Waals surface area contributed by atoms with Gasteiger partial charge in [-0.15, -0.1) is 0 Å². The molecule has 262 valence electrons. The van der Waals surface area contributed by atoms with Gasteiger partial charge in [0.1, 0.15) is 23.9 Å². The molecule has 2 aromatic carbocycles. The summed E-state index contributed by atoms with van der Waals surface area (Å²) in [5.41, 5.74) is 1.53. The molecule has 0 saturated carbocycles. The Morgan fingerprint density at radius 3 is 2.10 bits per heavy atom. The van der Waals surface area contributed by atoms with Crippen LogP contribution in [0.4, 0.5) is 5.69 Å². The molecule has 48 heavy (non-hydrogen) atoms. The monoisotopic (exact) mass is 683 g/mol. The number of nitrogens with zero attached hydrogens (tertiary/aromatic N) is 1. The van der Waals surface area contributed by atoms with Crippen LogP contribution in [0, 0.1) is 11.8 Å². The Morgan fingerprint density at radius 2 is 1.50 bits per heavy atom. The maximum Gasteiger partial charge on any atom is 0.246 e. The number of hydrogen-bond donors (Lipinski definition) is 5. The second-order valence-corrected chi connectivity index (χ2v) is 15.6. The minimum atomic E-state index is -4.19. The van der Waals surface area contributed by atoms with E-state index in [1.807, 2.05) is 50.2 Å². The summed E-state index contributed by atoms with van der Waals surface area (Å²) in [6, 6.07) is 15.7. The van der Waals surface area contributed by atoms with E-state index in [1.165, 1.54) is 25.7 Å². The molecular weight excluding hydrogens is 633 g/mol. The van der Waals surface area contributed by atoms with Gasteiger partial charge in [0.25, 0.3) is 0 Å². The van der Waals surface area contributed by atoms with Gasteiger partial charge in [-0.2, -0.15) is 0 Å². The van der Waals surface area contributed by atoms with E-state index in [9.17, 15) is 33.4 Å². The third kappa shape index (κ3) is 11.6. The van der Waals surface area contributed by atoms with Crippen LogP contribution >= 0.6 is 7.37 Å². The molecule has 6 atom stereocenters. The number of aryl methyl sites for hydroxylation is 1. The Bertz CT molecular complexity index is 1460. The summed E-state index contributed by atoms with van der Waals surface area (Å²) < 4.78 is 13.7. The molecule has 13 heteroatoms. The van der Waals surface area contributed by atoms with Crippen molar-refractivity contribution in [3.05, 3.63) is 66.2 Å². The molecule has 1 fully saturated rings. The number of nitrogens with one attached hydrogen (secondary N) is 4. The maximum absolute atomic E-state index is 13.8. The molecule has 0 radical (unpaired) electrons. The number of rotatable bonds is 16. The topological polar surface area (TPSA) is 174 Å².